The molecule has 94 valence electrons. The Morgan fingerprint density at radius 3 is 2.71 bits per heavy atom. The van der Waals surface area contributed by atoms with E-state index in [2.05, 4.69) is 0 Å². The van der Waals surface area contributed by atoms with Crippen molar-refractivity contribution >= 4 is 11.8 Å². The molecule has 17 heavy (non-hydrogen) atoms. The molecule has 0 aromatic heterocycles. The van der Waals surface area contributed by atoms with E-state index < -0.39 is 6.10 Å². The Hall–Kier alpha value is -0.540. The highest BCUT2D eigenvalue weighted by Crippen LogP contribution is 2.32. The summed E-state index contributed by atoms with van der Waals surface area (Å²) in [4.78, 5) is 0.710. The van der Waals surface area contributed by atoms with Gasteiger partial charge in [0.2, 0.25) is 0 Å². The first-order valence-corrected chi connectivity index (χ1v) is 7.25. The van der Waals surface area contributed by atoms with Crippen molar-refractivity contribution in [3.8, 4) is 0 Å². The second-order valence-electron chi connectivity index (χ2n) is 4.83. The number of hydrogen-bond acceptors (Lipinski definition) is 2. The van der Waals surface area contributed by atoms with Crippen LogP contribution < -0.4 is 0 Å². The summed E-state index contributed by atoms with van der Waals surface area (Å²) in [6.07, 6.45) is 4.64. The quantitative estimate of drug-likeness (QED) is 0.814. The third kappa shape index (κ3) is 3.46. The first-order valence-electron chi connectivity index (χ1n) is 6.27. The molecule has 0 amide bonds. The Morgan fingerprint density at radius 2 is 2.12 bits per heavy atom. The number of aliphatic hydroxyl groups is 1. The first kappa shape index (κ1) is 12.9. The number of halogens is 1. The number of hydrogen-bond donors (Lipinski definition) is 1. The highest BCUT2D eigenvalue weighted by Gasteiger charge is 2.16. The molecular formula is C14H19FOS. The smallest absolute Gasteiger partial charge is 0.137 e. The van der Waals surface area contributed by atoms with Crippen LogP contribution in [0.3, 0.4) is 0 Å². The van der Waals surface area contributed by atoms with Gasteiger partial charge in [-0.25, -0.2) is 4.39 Å². The summed E-state index contributed by atoms with van der Waals surface area (Å²) in [5.74, 6) is 1.58. The molecule has 1 aromatic rings. The topological polar surface area (TPSA) is 20.2 Å². The summed E-state index contributed by atoms with van der Waals surface area (Å²) in [5, 5.41) is 9.37. The molecule has 3 heteroatoms. The van der Waals surface area contributed by atoms with Crippen molar-refractivity contribution in [1.82, 2.24) is 0 Å². The molecule has 1 saturated carbocycles. The van der Waals surface area contributed by atoms with E-state index >= 15 is 0 Å². The molecule has 1 N–H and O–H groups in total. The largest absolute Gasteiger partial charge is 0.389 e. The lowest BCUT2D eigenvalue weighted by Gasteiger charge is -2.10. The predicted octanol–water partition coefficient (Wildman–Crippen LogP) is 4.16. The zero-order valence-electron chi connectivity index (χ0n) is 10.2. The van der Waals surface area contributed by atoms with Gasteiger partial charge in [0.15, 0.2) is 0 Å². The predicted molar refractivity (Wildman–Crippen MR) is 69.7 cm³/mol. The van der Waals surface area contributed by atoms with Crippen molar-refractivity contribution in [3.63, 3.8) is 0 Å². The lowest BCUT2D eigenvalue weighted by atomic mass is 10.1. The van der Waals surface area contributed by atoms with Crippen LogP contribution in [0.25, 0.3) is 0 Å². The van der Waals surface area contributed by atoms with Gasteiger partial charge in [0.05, 0.1) is 6.10 Å². The number of benzene rings is 1. The van der Waals surface area contributed by atoms with Gasteiger partial charge in [-0.3, -0.25) is 0 Å². The molecule has 0 spiro atoms. The van der Waals surface area contributed by atoms with Gasteiger partial charge in [-0.1, -0.05) is 18.9 Å². The molecule has 0 saturated heterocycles. The van der Waals surface area contributed by atoms with Gasteiger partial charge in [-0.15, -0.1) is 11.8 Å². The zero-order valence-corrected chi connectivity index (χ0v) is 11.0. The third-order valence-corrected chi connectivity index (χ3v) is 4.67. The molecule has 0 radical (unpaired) electrons. The van der Waals surface area contributed by atoms with Crippen LogP contribution in [0.15, 0.2) is 23.1 Å². The van der Waals surface area contributed by atoms with Gasteiger partial charge in [-0.2, -0.15) is 0 Å². The molecule has 1 aliphatic rings. The minimum atomic E-state index is -0.599. The average molecular weight is 254 g/mol. The maximum atomic E-state index is 13.8. The Balaban J connectivity index is 1.96. The Labute approximate surface area is 106 Å². The van der Waals surface area contributed by atoms with Crippen LogP contribution in [-0.2, 0) is 0 Å². The van der Waals surface area contributed by atoms with Gasteiger partial charge in [0.1, 0.15) is 5.82 Å². The molecule has 0 bridgehead atoms. The fourth-order valence-electron chi connectivity index (χ4n) is 2.28. The molecule has 2 rings (SSSR count). The number of rotatable bonds is 4. The normalized spacial score (nSPS) is 18.5. The van der Waals surface area contributed by atoms with E-state index in [9.17, 15) is 9.50 Å². The van der Waals surface area contributed by atoms with Crippen LogP contribution in [-0.4, -0.2) is 10.9 Å². The van der Waals surface area contributed by atoms with Crippen molar-refractivity contribution in [1.29, 1.82) is 0 Å². The van der Waals surface area contributed by atoms with Crippen molar-refractivity contribution in [2.45, 2.75) is 43.6 Å². The third-order valence-electron chi connectivity index (χ3n) is 3.39. The van der Waals surface area contributed by atoms with E-state index in [0.717, 1.165) is 11.7 Å². The van der Waals surface area contributed by atoms with E-state index in [1.807, 2.05) is 6.07 Å². The molecule has 1 nitrogen and oxygen atoms in total. The maximum Gasteiger partial charge on any atom is 0.137 e. The van der Waals surface area contributed by atoms with Crippen molar-refractivity contribution in [2.75, 3.05) is 5.75 Å². The molecule has 0 aliphatic heterocycles. The van der Waals surface area contributed by atoms with Crippen LogP contribution in [0.4, 0.5) is 4.39 Å². The summed E-state index contributed by atoms with van der Waals surface area (Å²) in [5.41, 5.74) is 0.646. The second kappa shape index (κ2) is 5.87. The fraction of sp³-hybridized carbons (Fsp3) is 0.571. The molecule has 1 aromatic carbocycles. The minimum absolute atomic E-state index is 0.202. The summed E-state index contributed by atoms with van der Waals surface area (Å²) in [6.45, 7) is 1.65. The Kier molecular flexibility index (Phi) is 4.46. The van der Waals surface area contributed by atoms with Gasteiger partial charge in [-0.05, 0) is 43.4 Å². The Morgan fingerprint density at radius 1 is 1.41 bits per heavy atom. The lowest BCUT2D eigenvalue weighted by Crippen LogP contribution is -1.98. The van der Waals surface area contributed by atoms with Gasteiger partial charge < -0.3 is 5.11 Å². The first-order chi connectivity index (χ1) is 8.16. The van der Waals surface area contributed by atoms with Crippen LogP contribution >= 0.6 is 11.8 Å². The molecule has 1 unspecified atom stereocenters. The van der Waals surface area contributed by atoms with Gasteiger partial charge in [0.25, 0.3) is 0 Å². The second-order valence-corrected chi connectivity index (χ2v) is 5.89. The number of aliphatic hydroxyl groups excluding tert-OH is 1. The Bertz CT molecular complexity index is 372. The molecular weight excluding hydrogens is 235 g/mol. The van der Waals surface area contributed by atoms with Crippen LogP contribution in [0.1, 0.15) is 44.3 Å². The minimum Gasteiger partial charge on any atom is -0.389 e. The van der Waals surface area contributed by atoms with Gasteiger partial charge >= 0.3 is 0 Å². The molecule has 1 fully saturated rings. The monoisotopic (exact) mass is 254 g/mol. The van der Waals surface area contributed by atoms with E-state index in [1.165, 1.54) is 31.7 Å². The number of thioether (sulfide) groups is 1. The van der Waals surface area contributed by atoms with Crippen LogP contribution in [0.2, 0.25) is 0 Å². The van der Waals surface area contributed by atoms with E-state index in [4.69, 9.17) is 0 Å². The summed E-state index contributed by atoms with van der Waals surface area (Å²) in [6, 6.07) is 5.05. The highest BCUT2D eigenvalue weighted by molar-refractivity contribution is 7.99. The van der Waals surface area contributed by atoms with Gasteiger partial charge in [0, 0.05) is 10.6 Å². The highest BCUT2D eigenvalue weighted by atomic mass is 32.2. The summed E-state index contributed by atoms with van der Waals surface area (Å²) in [7, 11) is 0. The van der Waals surface area contributed by atoms with Crippen LogP contribution in [0, 0.1) is 11.7 Å². The molecule has 1 atom stereocenters. The summed E-state index contributed by atoms with van der Waals surface area (Å²) >= 11 is 1.61. The van der Waals surface area contributed by atoms with Crippen molar-refractivity contribution < 1.29 is 9.50 Å². The maximum absolute atomic E-state index is 13.8. The van der Waals surface area contributed by atoms with Crippen molar-refractivity contribution in [2.24, 2.45) is 5.92 Å². The SMILES string of the molecule is CC(O)c1ccc(SCC2CCCC2)c(F)c1. The fourth-order valence-corrected chi connectivity index (χ4v) is 3.39. The standard InChI is InChI=1S/C14H19FOS/c1-10(16)12-6-7-14(13(15)8-12)17-9-11-4-2-3-5-11/h6-8,10-11,16H,2-5,9H2,1H3. The molecule has 0 heterocycles. The summed E-state index contributed by atoms with van der Waals surface area (Å²) < 4.78 is 13.8. The van der Waals surface area contributed by atoms with E-state index in [0.29, 0.717) is 10.5 Å². The van der Waals surface area contributed by atoms with Crippen molar-refractivity contribution in [3.05, 3.63) is 29.6 Å². The molecule has 1 aliphatic carbocycles. The lowest BCUT2D eigenvalue weighted by molar-refractivity contribution is 0.198. The van der Waals surface area contributed by atoms with E-state index in [-0.39, 0.29) is 5.82 Å². The van der Waals surface area contributed by atoms with Crippen LogP contribution in [0.5, 0.6) is 0 Å². The zero-order chi connectivity index (χ0) is 12.3. The van der Waals surface area contributed by atoms with E-state index in [1.54, 1.807) is 24.8 Å². The average Bonchev–Trinajstić information content (AvgIpc) is 2.80.